The van der Waals surface area contributed by atoms with Crippen molar-refractivity contribution in [2.24, 2.45) is 0 Å². The Morgan fingerprint density at radius 2 is 2.10 bits per heavy atom. The monoisotopic (exact) mass is 332 g/mol. The van der Waals surface area contributed by atoms with Crippen molar-refractivity contribution < 1.29 is 13.2 Å². The van der Waals surface area contributed by atoms with Gasteiger partial charge < -0.3 is 10.6 Å². The third-order valence-corrected chi connectivity index (χ3v) is 4.10. The molecule has 2 amide bonds. The molecule has 0 fully saturated rings. The van der Waals surface area contributed by atoms with Crippen LogP contribution in [-0.4, -0.2) is 39.0 Å². The molecule has 2 N–H and O–H groups in total. The lowest BCUT2D eigenvalue weighted by Gasteiger charge is -2.14. The molecular formula is C14H21ClN2O3S. The maximum atomic E-state index is 11.6. The highest BCUT2D eigenvalue weighted by molar-refractivity contribution is 7.90. The van der Waals surface area contributed by atoms with Crippen molar-refractivity contribution in [2.75, 3.05) is 18.6 Å². The molecule has 0 aliphatic carbocycles. The lowest BCUT2D eigenvalue weighted by Crippen LogP contribution is -2.42. The summed E-state index contributed by atoms with van der Waals surface area (Å²) in [6.07, 6.45) is 2.27. The van der Waals surface area contributed by atoms with Gasteiger partial charge in [-0.25, -0.2) is 13.2 Å². The molecule has 0 spiro atoms. The highest BCUT2D eigenvalue weighted by atomic mass is 35.5. The molecule has 0 aliphatic heterocycles. The van der Waals surface area contributed by atoms with Crippen LogP contribution in [0.2, 0.25) is 5.02 Å². The summed E-state index contributed by atoms with van der Waals surface area (Å²) in [5, 5.41) is 6.12. The van der Waals surface area contributed by atoms with Crippen molar-refractivity contribution in [3.05, 3.63) is 34.9 Å². The first-order chi connectivity index (χ1) is 9.76. The maximum absolute atomic E-state index is 11.6. The fourth-order valence-corrected chi connectivity index (χ4v) is 2.75. The summed E-state index contributed by atoms with van der Waals surface area (Å²) in [5.41, 5.74) is 1.05. The van der Waals surface area contributed by atoms with Crippen LogP contribution in [0, 0.1) is 0 Å². The molecule has 0 bridgehead atoms. The molecule has 0 radical (unpaired) electrons. The fraction of sp³-hybridized carbons (Fsp3) is 0.500. The number of carbonyl (C=O) groups excluding carboxylic acids is 1. The van der Waals surface area contributed by atoms with Gasteiger partial charge in [-0.2, -0.15) is 0 Å². The van der Waals surface area contributed by atoms with Gasteiger partial charge in [0.15, 0.2) is 0 Å². The Morgan fingerprint density at radius 3 is 2.71 bits per heavy atom. The first-order valence-electron chi connectivity index (χ1n) is 6.73. The first-order valence-corrected chi connectivity index (χ1v) is 9.16. The largest absolute Gasteiger partial charge is 0.338 e. The minimum atomic E-state index is -3.00. The van der Waals surface area contributed by atoms with E-state index in [1.165, 1.54) is 6.26 Å². The third-order valence-electron chi connectivity index (χ3n) is 2.89. The number of sulfone groups is 1. The van der Waals surface area contributed by atoms with Crippen LogP contribution in [0.3, 0.4) is 0 Å². The zero-order chi connectivity index (χ0) is 15.9. The number of amides is 2. The van der Waals surface area contributed by atoms with Crippen LogP contribution in [0.1, 0.15) is 18.9 Å². The summed E-state index contributed by atoms with van der Waals surface area (Å²) >= 11 is 5.88. The SMILES string of the molecule is C[C@@H](CCS(C)(=O)=O)NC(=O)NCCc1cccc(Cl)c1. The van der Waals surface area contributed by atoms with Gasteiger partial charge in [0.2, 0.25) is 0 Å². The second-order valence-corrected chi connectivity index (χ2v) is 7.80. The van der Waals surface area contributed by atoms with Gasteiger partial charge in [-0.3, -0.25) is 0 Å². The van der Waals surface area contributed by atoms with E-state index in [2.05, 4.69) is 10.6 Å². The molecule has 0 saturated carbocycles. The molecule has 5 nitrogen and oxygen atoms in total. The maximum Gasteiger partial charge on any atom is 0.315 e. The van der Waals surface area contributed by atoms with Gasteiger partial charge in [0.1, 0.15) is 9.84 Å². The number of carbonyl (C=O) groups is 1. The van der Waals surface area contributed by atoms with E-state index < -0.39 is 9.84 Å². The molecule has 118 valence electrons. The summed E-state index contributed by atoms with van der Waals surface area (Å²) in [7, 11) is -3.00. The van der Waals surface area contributed by atoms with Crippen molar-refractivity contribution in [3.63, 3.8) is 0 Å². The molecule has 1 atom stereocenters. The molecule has 7 heteroatoms. The summed E-state index contributed by atoms with van der Waals surface area (Å²) in [4.78, 5) is 11.6. The Bertz CT molecular complexity index is 575. The van der Waals surface area contributed by atoms with E-state index >= 15 is 0 Å². The van der Waals surface area contributed by atoms with Crippen LogP contribution in [0.5, 0.6) is 0 Å². The van der Waals surface area contributed by atoms with Gasteiger partial charge in [0.05, 0.1) is 5.75 Å². The second-order valence-electron chi connectivity index (χ2n) is 5.10. The van der Waals surface area contributed by atoms with E-state index in [9.17, 15) is 13.2 Å². The Labute approximate surface area is 131 Å². The van der Waals surface area contributed by atoms with Crippen molar-refractivity contribution in [3.8, 4) is 0 Å². The highest BCUT2D eigenvalue weighted by Crippen LogP contribution is 2.10. The molecule has 0 saturated heterocycles. The van der Waals surface area contributed by atoms with Gasteiger partial charge in [-0.1, -0.05) is 23.7 Å². The topological polar surface area (TPSA) is 75.3 Å². The van der Waals surface area contributed by atoms with Gasteiger partial charge in [-0.15, -0.1) is 0 Å². The number of halogens is 1. The molecular weight excluding hydrogens is 312 g/mol. The Balaban J connectivity index is 2.25. The molecule has 1 rings (SSSR count). The summed E-state index contributed by atoms with van der Waals surface area (Å²) in [5.74, 6) is 0.0664. The third kappa shape index (κ3) is 8.57. The van der Waals surface area contributed by atoms with Gasteiger partial charge in [0, 0.05) is 23.9 Å². The minimum Gasteiger partial charge on any atom is -0.338 e. The number of nitrogens with one attached hydrogen (secondary N) is 2. The van der Waals surface area contributed by atoms with Crippen LogP contribution < -0.4 is 10.6 Å². The second kappa shape index (κ2) is 8.24. The van der Waals surface area contributed by atoms with Crippen LogP contribution >= 0.6 is 11.6 Å². The summed E-state index contributed by atoms with van der Waals surface area (Å²) in [6, 6.07) is 6.99. The highest BCUT2D eigenvalue weighted by Gasteiger charge is 2.10. The van der Waals surface area contributed by atoms with Crippen molar-refractivity contribution in [2.45, 2.75) is 25.8 Å². The Morgan fingerprint density at radius 1 is 1.38 bits per heavy atom. The van der Waals surface area contributed by atoms with Crippen molar-refractivity contribution in [1.29, 1.82) is 0 Å². The zero-order valence-corrected chi connectivity index (χ0v) is 13.8. The smallest absolute Gasteiger partial charge is 0.315 e. The standard InChI is InChI=1S/C14H21ClN2O3S/c1-11(7-9-21(2,19)20)17-14(18)16-8-6-12-4-3-5-13(15)10-12/h3-5,10-11H,6-9H2,1-2H3,(H2,16,17,18)/t11-/m0/s1. The number of benzene rings is 1. The molecule has 0 aliphatic rings. The van der Waals surface area contributed by atoms with Crippen molar-refractivity contribution in [1.82, 2.24) is 10.6 Å². The van der Waals surface area contributed by atoms with E-state index in [1.54, 1.807) is 13.0 Å². The molecule has 21 heavy (non-hydrogen) atoms. The Hall–Kier alpha value is -1.27. The van der Waals surface area contributed by atoms with Crippen LogP contribution in [0.4, 0.5) is 4.79 Å². The average Bonchev–Trinajstić information content (AvgIpc) is 2.35. The quantitative estimate of drug-likeness (QED) is 0.802. The normalized spacial score (nSPS) is 12.7. The van der Waals surface area contributed by atoms with Crippen molar-refractivity contribution >= 4 is 27.5 Å². The Kier molecular flexibility index (Phi) is 6.98. The zero-order valence-electron chi connectivity index (χ0n) is 12.2. The first kappa shape index (κ1) is 17.8. The number of rotatable bonds is 7. The van der Waals surface area contributed by atoms with E-state index in [4.69, 9.17) is 11.6 Å². The molecule has 0 aromatic heterocycles. The van der Waals surface area contributed by atoms with E-state index in [1.807, 2.05) is 18.2 Å². The van der Waals surface area contributed by atoms with Gasteiger partial charge >= 0.3 is 6.03 Å². The predicted molar refractivity (Wildman–Crippen MR) is 85.5 cm³/mol. The van der Waals surface area contributed by atoms with Crippen LogP contribution in [-0.2, 0) is 16.3 Å². The summed E-state index contributed by atoms with van der Waals surface area (Å²) in [6.45, 7) is 2.27. The van der Waals surface area contributed by atoms with E-state index in [-0.39, 0.29) is 17.8 Å². The van der Waals surface area contributed by atoms with E-state index in [0.717, 1.165) is 5.56 Å². The molecule has 0 unspecified atom stereocenters. The molecule has 1 aromatic rings. The van der Waals surface area contributed by atoms with Crippen LogP contribution in [0.25, 0.3) is 0 Å². The minimum absolute atomic E-state index is 0.0664. The van der Waals surface area contributed by atoms with Crippen LogP contribution in [0.15, 0.2) is 24.3 Å². The average molecular weight is 333 g/mol. The number of hydrogen-bond donors (Lipinski definition) is 2. The number of hydrogen-bond acceptors (Lipinski definition) is 3. The van der Waals surface area contributed by atoms with Gasteiger partial charge in [0.25, 0.3) is 0 Å². The van der Waals surface area contributed by atoms with Gasteiger partial charge in [-0.05, 0) is 37.5 Å². The number of urea groups is 1. The predicted octanol–water partition coefficient (Wildman–Crippen LogP) is 2.00. The molecule has 1 aromatic carbocycles. The summed E-state index contributed by atoms with van der Waals surface area (Å²) < 4.78 is 22.1. The van der Waals surface area contributed by atoms with E-state index in [0.29, 0.717) is 24.4 Å². The lowest BCUT2D eigenvalue weighted by molar-refractivity contribution is 0.237. The fourth-order valence-electron chi connectivity index (χ4n) is 1.75. The lowest BCUT2D eigenvalue weighted by atomic mass is 10.1. The molecule has 0 heterocycles.